The minimum Gasteiger partial charge on any atom is -0.277 e. The summed E-state index contributed by atoms with van der Waals surface area (Å²) in [6, 6.07) is 3.92. The van der Waals surface area contributed by atoms with Gasteiger partial charge in [-0.2, -0.15) is 0 Å². The quantitative estimate of drug-likeness (QED) is 0.408. The molecule has 2 atom stereocenters. The summed E-state index contributed by atoms with van der Waals surface area (Å²) in [6.45, 7) is 2.05. The molecule has 2 aliphatic rings. The van der Waals surface area contributed by atoms with Gasteiger partial charge in [-0.3, -0.25) is 7.91 Å². The maximum absolute atomic E-state index is 12.6. The topological polar surface area (TPSA) is 33.2 Å². The van der Waals surface area contributed by atoms with Crippen LogP contribution in [0.2, 0.25) is 5.15 Å². The predicted molar refractivity (Wildman–Crippen MR) is 83.2 cm³/mol. The van der Waals surface area contributed by atoms with Gasteiger partial charge in [-0.05, 0) is 37.3 Å². The van der Waals surface area contributed by atoms with Gasteiger partial charge in [0.25, 0.3) is 0 Å². The number of halogens is 2. The van der Waals surface area contributed by atoms with Crippen molar-refractivity contribution in [2.24, 2.45) is 5.92 Å². The van der Waals surface area contributed by atoms with Gasteiger partial charge in [0, 0.05) is 0 Å². The highest BCUT2D eigenvalue weighted by molar-refractivity contribution is 14.1. The Kier molecular flexibility index (Phi) is 3.73. The summed E-state index contributed by atoms with van der Waals surface area (Å²) >= 11 is 8.18. The average Bonchev–Trinajstić information content (AvgIpc) is 2.90. The molecule has 2 unspecified atom stereocenters. The number of aromatic nitrogens is 1. The highest BCUT2D eigenvalue weighted by Crippen LogP contribution is 2.46. The SMILES string of the molecule is CC1c2ccc(Cl)nc2C(C2CCCC2)C(=O)N1I. The van der Waals surface area contributed by atoms with E-state index in [0.29, 0.717) is 11.1 Å². The van der Waals surface area contributed by atoms with E-state index in [4.69, 9.17) is 11.6 Å². The van der Waals surface area contributed by atoms with Crippen molar-refractivity contribution >= 4 is 40.4 Å². The molecular weight excluding hydrogens is 375 g/mol. The molecule has 0 spiro atoms. The van der Waals surface area contributed by atoms with Crippen molar-refractivity contribution in [3.63, 3.8) is 0 Å². The summed E-state index contributed by atoms with van der Waals surface area (Å²) in [5.74, 6) is 0.536. The molecule has 0 N–H and O–H groups in total. The monoisotopic (exact) mass is 390 g/mol. The molecule has 19 heavy (non-hydrogen) atoms. The lowest BCUT2D eigenvalue weighted by Gasteiger charge is -2.36. The first-order valence-corrected chi connectivity index (χ1v) is 8.09. The van der Waals surface area contributed by atoms with Gasteiger partial charge in [-0.15, -0.1) is 0 Å². The van der Waals surface area contributed by atoms with Crippen molar-refractivity contribution in [3.8, 4) is 0 Å². The first-order valence-electron chi connectivity index (χ1n) is 6.75. The van der Waals surface area contributed by atoms with Crippen molar-refractivity contribution in [2.75, 3.05) is 0 Å². The van der Waals surface area contributed by atoms with Crippen molar-refractivity contribution < 1.29 is 4.79 Å². The summed E-state index contributed by atoms with van der Waals surface area (Å²) < 4.78 is 1.83. The summed E-state index contributed by atoms with van der Waals surface area (Å²) in [7, 11) is 0. The summed E-state index contributed by atoms with van der Waals surface area (Å²) in [6.07, 6.45) is 4.70. The molecule has 2 heterocycles. The highest BCUT2D eigenvalue weighted by atomic mass is 127. The zero-order valence-corrected chi connectivity index (χ0v) is 13.7. The first-order chi connectivity index (χ1) is 9.09. The van der Waals surface area contributed by atoms with Crippen LogP contribution in [0.1, 0.15) is 55.8 Å². The second kappa shape index (κ2) is 5.20. The lowest BCUT2D eigenvalue weighted by Crippen LogP contribution is -2.38. The van der Waals surface area contributed by atoms with E-state index in [0.717, 1.165) is 24.1 Å². The number of rotatable bonds is 1. The van der Waals surface area contributed by atoms with Crippen LogP contribution in [0.25, 0.3) is 0 Å². The average molecular weight is 391 g/mol. The molecular formula is C14H16ClIN2O. The summed E-state index contributed by atoms with van der Waals surface area (Å²) in [5.41, 5.74) is 2.07. The smallest absolute Gasteiger partial charge is 0.241 e. The molecule has 1 fully saturated rings. The lowest BCUT2D eigenvalue weighted by atomic mass is 9.81. The van der Waals surface area contributed by atoms with E-state index in [2.05, 4.69) is 27.8 Å². The Morgan fingerprint density at radius 3 is 2.74 bits per heavy atom. The van der Waals surface area contributed by atoms with Crippen LogP contribution in [-0.2, 0) is 4.79 Å². The normalized spacial score (nSPS) is 27.7. The Bertz CT molecular complexity index is 516. The predicted octanol–water partition coefficient (Wildman–Crippen LogP) is 4.26. The van der Waals surface area contributed by atoms with Crippen molar-refractivity contribution in [1.82, 2.24) is 8.10 Å². The van der Waals surface area contributed by atoms with Crippen LogP contribution < -0.4 is 0 Å². The Labute approximate surface area is 132 Å². The van der Waals surface area contributed by atoms with Gasteiger partial charge in [-0.1, -0.05) is 30.5 Å². The molecule has 0 bridgehead atoms. The molecule has 5 heteroatoms. The highest BCUT2D eigenvalue weighted by Gasteiger charge is 2.42. The van der Waals surface area contributed by atoms with Gasteiger partial charge in [0.15, 0.2) is 0 Å². The van der Waals surface area contributed by atoms with Gasteiger partial charge in [0.2, 0.25) is 5.91 Å². The van der Waals surface area contributed by atoms with Gasteiger partial charge in [-0.25, -0.2) is 4.98 Å². The van der Waals surface area contributed by atoms with Crippen LogP contribution in [0.15, 0.2) is 12.1 Å². The van der Waals surface area contributed by atoms with E-state index in [-0.39, 0.29) is 17.9 Å². The first kappa shape index (κ1) is 13.6. The molecule has 1 aliphatic carbocycles. The molecule has 1 saturated carbocycles. The van der Waals surface area contributed by atoms with E-state index in [1.54, 1.807) is 0 Å². The number of fused-ring (bicyclic) bond motifs is 1. The van der Waals surface area contributed by atoms with Crippen molar-refractivity contribution in [2.45, 2.75) is 44.6 Å². The third kappa shape index (κ3) is 2.27. The molecule has 102 valence electrons. The van der Waals surface area contributed by atoms with Crippen LogP contribution in [0.5, 0.6) is 0 Å². The van der Waals surface area contributed by atoms with E-state index in [1.807, 2.05) is 22.2 Å². The summed E-state index contributed by atoms with van der Waals surface area (Å²) in [4.78, 5) is 17.1. The molecule has 3 rings (SSSR count). The fourth-order valence-electron chi connectivity index (χ4n) is 3.34. The minimum atomic E-state index is -0.0932. The van der Waals surface area contributed by atoms with Crippen LogP contribution in [0.3, 0.4) is 0 Å². The number of pyridine rings is 1. The fraction of sp³-hybridized carbons (Fsp3) is 0.571. The zero-order chi connectivity index (χ0) is 13.6. The molecule has 1 aromatic heterocycles. The molecule has 0 radical (unpaired) electrons. The van der Waals surface area contributed by atoms with E-state index >= 15 is 0 Å². The number of hydrogen-bond donors (Lipinski definition) is 0. The van der Waals surface area contributed by atoms with Crippen LogP contribution in [-0.4, -0.2) is 14.0 Å². The van der Waals surface area contributed by atoms with E-state index < -0.39 is 0 Å². The fourth-order valence-corrected chi connectivity index (χ4v) is 4.10. The number of carbonyl (C=O) groups excluding carboxylic acids is 1. The van der Waals surface area contributed by atoms with Gasteiger partial charge >= 0.3 is 0 Å². The van der Waals surface area contributed by atoms with Crippen LogP contribution in [0, 0.1) is 5.92 Å². The Morgan fingerprint density at radius 2 is 2.05 bits per heavy atom. The third-order valence-corrected chi connectivity index (χ3v) is 5.88. The molecule has 0 aromatic carbocycles. The largest absolute Gasteiger partial charge is 0.277 e. The van der Waals surface area contributed by atoms with Gasteiger partial charge < -0.3 is 0 Å². The Morgan fingerprint density at radius 1 is 1.37 bits per heavy atom. The number of amides is 1. The van der Waals surface area contributed by atoms with Crippen LogP contribution >= 0.6 is 34.5 Å². The molecule has 1 amide bonds. The number of hydrogen-bond acceptors (Lipinski definition) is 2. The number of carbonyl (C=O) groups is 1. The van der Waals surface area contributed by atoms with Crippen molar-refractivity contribution in [1.29, 1.82) is 0 Å². The van der Waals surface area contributed by atoms with E-state index in [9.17, 15) is 4.79 Å². The Balaban J connectivity index is 2.10. The second-order valence-electron chi connectivity index (χ2n) is 5.46. The van der Waals surface area contributed by atoms with Gasteiger partial charge in [0.05, 0.1) is 40.5 Å². The second-order valence-corrected chi connectivity index (χ2v) is 6.88. The van der Waals surface area contributed by atoms with E-state index in [1.165, 1.54) is 12.8 Å². The Hall–Kier alpha value is -0.360. The molecule has 3 nitrogen and oxygen atoms in total. The van der Waals surface area contributed by atoms with Crippen molar-refractivity contribution in [3.05, 3.63) is 28.5 Å². The van der Waals surface area contributed by atoms with Crippen LogP contribution in [0.4, 0.5) is 0 Å². The maximum atomic E-state index is 12.6. The third-order valence-electron chi connectivity index (χ3n) is 4.36. The molecule has 1 aliphatic heterocycles. The summed E-state index contributed by atoms with van der Waals surface area (Å²) in [5, 5.41) is 0.489. The minimum absolute atomic E-state index is 0.0746. The molecule has 1 aromatic rings. The number of nitrogens with zero attached hydrogens (tertiary/aromatic N) is 2. The maximum Gasteiger partial charge on any atom is 0.241 e. The molecule has 0 saturated heterocycles. The lowest BCUT2D eigenvalue weighted by molar-refractivity contribution is -0.130. The van der Waals surface area contributed by atoms with Gasteiger partial charge in [0.1, 0.15) is 5.15 Å². The standard InChI is InChI=1S/C14H16ClIN2O/c1-8-10-6-7-11(15)17-13(10)12(14(19)18(8)16)9-4-2-3-5-9/h6-9,12H,2-5H2,1H3. The zero-order valence-electron chi connectivity index (χ0n) is 10.8.